The Kier molecular flexibility index (Phi) is 2.48. The SMILES string of the molecule is Cc1cc(C2CCNC2)cc2c1OCCO2. The van der Waals surface area contributed by atoms with Gasteiger partial charge in [-0.15, -0.1) is 0 Å². The topological polar surface area (TPSA) is 30.5 Å². The van der Waals surface area contributed by atoms with Crippen LogP contribution in [0.15, 0.2) is 12.1 Å². The molecule has 1 aromatic carbocycles. The zero-order valence-corrected chi connectivity index (χ0v) is 9.58. The fraction of sp³-hybridized carbons (Fsp3) is 0.538. The summed E-state index contributed by atoms with van der Waals surface area (Å²) >= 11 is 0. The lowest BCUT2D eigenvalue weighted by Gasteiger charge is -2.22. The van der Waals surface area contributed by atoms with Crippen molar-refractivity contribution in [2.24, 2.45) is 0 Å². The van der Waals surface area contributed by atoms with E-state index in [0.29, 0.717) is 19.1 Å². The fourth-order valence-corrected chi connectivity index (χ4v) is 2.53. The van der Waals surface area contributed by atoms with Crippen molar-refractivity contribution in [1.82, 2.24) is 5.32 Å². The van der Waals surface area contributed by atoms with E-state index >= 15 is 0 Å². The van der Waals surface area contributed by atoms with Gasteiger partial charge in [0.15, 0.2) is 11.5 Å². The van der Waals surface area contributed by atoms with Crippen LogP contribution < -0.4 is 14.8 Å². The zero-order valence-electron chi connectivity index (χ0n) is 9.58. The van der Waals surface area contributed by atoms with E-state index in [-0.39, 0.29) is 0 Å². The van der Waals surface area contributed by atoms with Gasteiger partial charge in [-0.2, -0.15) is 0 Å². The Morgan fingerprint density at radius 3 is 2.94 bits per heavy atom. The van der Waals surface area contributed by atoms with Crippen molar-refractivity contribution in [2.75, 3.05) is 26.3 Å². The number of hydrogen-bond acceptors (Lipinski definition) is 3. The van der Waals surface area contributed by atoms with Gasteiger partial charge in [0.1, 0.15) is 13.2 Å². The molecule has 0 spiro atoms. The predicted octanol–water partition coefficient (Wildman–Crippen LogP) is 1.84. The molecule has 1 aromatic rings. The van der Waals surface area contributed by atoms with Crippen LogP contribution in [-0.4, -0.2) is 26.3 Å². The maximum absolute atomic E-state index is 5.66. The van der Waals surface area contributed by atoms with Crippen LogP contribution in [0, 0.1) is 6.92 Å². The van der Waals surface area contributed by atoms with Crippen molar-refractivity contribution in [3.05, 3.63) is 23.3 Å². The van der Waals surface area contributed by atoms with Gasteiger partial charge < -0.3 is 14.8 Å². The second-order valence-corrected chi connectivity index (χ2v) is 4.55. The van der Waals surface area contributed by atoms with Crippen LogP contribution in [0.25, 0.3) is 0 Å². The lowest BCUT2D eigenvalue weighted by atomic mass is 9.96. The van der Waals surface area contributed by atoms with Crippen molar-refractivity contribution in [1.29, 1.82) is 0 Å². The summed E-state index contributed by atoms with van der Waals surface area (Å²) in [6.07, 6.45) is 1.22. The predicted molar refractivity (Wildman–Crippen MR) is 62.4 cm³/mol. The molecule has 0 radical (unpaired) electrons. The van der Waals surface area contributed by atoms with Crippen LogP contribution in [0.2, 0.25) is 0 Å². The summed E-state index contributed by atoms with van der Waals surface area (Å²) in [4.78, 5) is 0. The van der Waals surface area contributed by atoms with Gasteiger partial charge >= 0.3 is 0 Å². The number of nitrogens with one attached hydrogen (secondary N) is 1. The van der Waals surface area contributed by atoms with Crippen molar-refractivity contribution < 1.29 is 9.47 Å². The van der Waals surface area contributed by atoms with Crippen molar-refractivity contribution in [2.45, 2.75) is 19.3 Å². The van der Waals surface area contributed by atoms with Gasteiger partial charge in [0.05, 0.1) is 0 Å². The molecule has 1 N–H and O–H groups in total. The number of benzene rings is 1. The third-order valence-corrected chi connectivity index (χ3v) is 3.38. The smallest absolute Gasteiger partial charge is 0.164 e. The van der Waals surface area contributed by atoms with Gasteiger partial charge in [0.25, 0.3) is 0 Å². The van der Waals surface area contributed by atoms with E-state index in [1.165, 1.54) is 17.5 Å². The number of hydrogen-bond donors (Lipinski definition) is 1. The van der Waals surface area contributed by atoms with E-state index in [4.69, 9.17) is 9.47 Å². The second kappa shape index (κ2) is 3.98. The lowest BCUT2D eigenvalue weighted by Crippen LogP contribution is -2.17. The Morgan fingerprint density at radius 2 is 2.12 bits per heavy atom. The van der Waals surface area contributed by atoms with Gasteiger partial charge in [-0.25, -0.2) is 0 Å². The molecule has 86 valence electrons. The van der Waals surface area contributed by atoms with Crippen LogP contribution in [0.1, 0.15) is 23.5 Å². The second-order valence-electron chi connectivity index (χ2n) is 4.55. The minimum atomic E-state index is 0.634. The van der Waals surface area contributed by atoms with E-state index in [0.717, 1.165) is 24.6 Å². The summed E-state index contributed by atoms with van der Waals surface area (Å²) in [5.74, 6) is 2.49. The average Bonchev–Trinajstić information content (AvgIpc) is 2.82. The molecular weight excluding hydrogens is 202 g/mol. The summed E-state index contributed by atoms with van der Waals surface area (Å²) in [5.41, 5.74) is 2.57. The number of aryl methyl sites for hydroxylation is 1. The molecular formula is C13H17NO2. The quantitative estimate of drug-likeness (QED) is 0.782. The minimum absolute atomic E-state index is 0.634. The molecule has 2 aliphatic heterocycles. The van der Waals surface area contributed by atoms with Gasteiger partial charge in [0, 0.05) is 6.54 Å². The zero-order chi connectivity index (χ0) is 11.0. The summed E-state index contributed by atoms with van der Waals surface area (Å²) in [6, 6.07) is 4.39. The summed E-state index contributed by atoms with van der Waals surface area (Å²) in [5, 5.41) is 3.40. The Morgan fingerprint density at radius 1 is 1.25 bits per heavy atom. The van der Waals surface area contributed by atoms with Crippen LogP contribution >= 0.6 is 0 Å². The first-order valence-electron chi connectivity index (χ1n) is 5.95. The van der Waals surface area contributed by atoms with Crippen LogP contribution in [0.3, 0.4) is 0 Å². The highest BCUT2D eigenvalue weighted by Gasteiger charge is 2.21. The Hall–Kier alpha value is -1.22. The molecule has 16 heavy (non-hydrogen) atoms. The molecule has 2 aliphatic rings. The first kappa shape index (κ1) is 9.97. The Bertz CT molecular complexity index is 397. The molecule has 0 bridgehead atoms. The van der Waals surface area contributed by atoms with Crippen molar-refractivity contribution in [3.63, 3.8) is 0 Å². The summed E-state index contributed by atoms with van der Waals surface area (Å²) < 4.78 is 11.3. The maximum atomic E-state index is 5.66. The van der Waals surface area contributed by atoms with E-state index in [2.05, 4.69) is 24.4 Å². The van der Waals surface area contributed by atoms with E-state index in [1.54, 1.807) is 0 Å². The van der Waals surface area contributed by atoms with Gasteiger partial charge in [-0.1, -0.05) is 6.07 Å². The average molecular weight is 219 g/mol. The molecule has 1 atom stereocenters. The molecule has 0 aliphatic carbocycles. The summed E-state index contributed by atoms with van der Waals surface area (Å²) in [6.45, 7) is 5.63. The largest absolute Gasteiger partial charge is 0.486 e. The van der Waals surface area contributed by atoms with Crippen LogP contribution in [-0.2, 0) is 0 Å². The normalized spacial score (nSPS) is 23.4. The third-order valence-electron chi connectivity index (χ3n) is 3.38. The highest BCUT2D eigenvalue weighted by molar-refractivity contribution is 5.50. The third kappa shape index (κ3) is 1.65. The van der Waals surface area contributed by atoms with Gasteiger partial charge in [-0.05, 0) is 43.0 Å². The van der Waals surface area contributed by atoms with E-state index in [1.807, 2.05) is 0 Å². The first-order valence-corrected chi connectivity index (χ1v) is 5.95. The van der Waals surface area contributed by atoms with Crippen molar-refractivity contribution in [3.8, 4) is 11.5 Å². The van der Waals surface area contributed by atoms with Gasteiger partial charge in [-0.3, -0.25) is 0 Å². The van der Waals surface area contributed by atoms with E-state index < -0.39 is 0 Å². The van der Waals surface area contributed by atoms with Gasteiger partial charge in [0.2, 0.25) is 0 Å². The number of rotatable bonds is 1. The van der Waals surface area contributed by atoms with E-state index in [9.17, 15) is 0 Å². The van der Waals surface area contributed by atoms with Crippen LogP contribution in [0.5, 0.6) is 11.5 Å². The highest BCUT2D eigenvalue weighted by Crippen LogP contribution is 2.37. The molecule has 3 heteroatoms. The Balaban J connectivity index is 1.97. The standard InChI is InChI=1S/C13H17NO2/c1-9-6-11(10-2-3-14-8-10)7-12-13(9)16-5-4-15-12/h6-7,10,14H,2-5,8H2,1H3. The van der Waals surface area contributed by atoms with Crippen molar-refractivity contribution >= 4 is 0 Å². The molecule has 3 rings (SSSR count). The highest BCUT2D eigenvalue weighted by atomic mass is 16.6. The minimum Gasteiger partial charge on any atom is -0.486 e. The lowest BCUT2D eigenvalue weighted by molar-refractivity contribution is 0.170. The Labute approximate surface area is 95.8 Å². The number of fused-ring (bicyclic) bond motifs is 1. The molecule has 0 saturated carbocycles. The molecule has 1 unspecified atom stereocenters. The summed E-state index contributed by atoms with van der Waals surface area (Å²) in [7, 11) is 0. The molecule has 0 amide bonds. The molecule has 1 saturated heterocycles. The van der Waals surface area contributed by atoms with Crippen LogP contribution in [0.4, 0.5) is 0 Å². The monoisotopic (exact) mass is 219 g/mol. The molecule has 1 fully saturated rings. The molecule has 2 heterocycles. The molecule has 0 aromatic heterocycles. The first-order chi connectivity index (χ1) is 7.84. The molecule has 3 nitrogen and oxygen atoms in total. The maximum Gasteiger partial charge on any atom is 0.164 e. The number of ether oxygens (including phenoxy) is 2. The fourth-order valence-electron chi connectivity index (χ4n) is 2.53.